The van der Waals surface area contributed by atoms with E-state index in [1.807, 2.05) is 0 Å². The van der Waals surface area contributed by atoms with E-state index in [4.69, 9.17) is 20.4 Å². The summed E-state index contributed by atoms with van der Waals surface area (Å²) in [4.78, 5) is 0. The summed E-state index contributed by atoms with van der Waals surface area (Å²) in [5.41, 5.74) is 3.57. The molecule has 0 amide bonds. The molecule has 2 rings (SSSR count). The van der Waals surface area contributed by atoms with Gasteiger partial charge in [-0.15, -0.1) is 0 Å². The van der Waals surface area contributed by atoms with Crippen molar-refractivity contribution in [2.75, 3.05) is 6.61 Å². The number of hydrogen-bond donors (Lipinski definition) is 2. The molecule has 3 N–H and O–H groups in total. The minimum atomic E-state index is -4.63. The highest BCUT2D eigenvalue weighted by atomic mass is 19.4. The molecule has 1 aliphatic rings. The molecular weight excluding hydrogens is 288 g/mol. The molecule has 0 aliphatic carbocycles. The molecule has 0 unspecified atom stereocenters. The minimum absolute atomic E-state index is 0.105. The molecule has 1 aromatic carbocycles. The van der Waals surface area contributed by atoms with Gasteiger partial charge in [0.15, 0.2) is 0 Å². The van der Waals surface area contributed by atoms with E-state index in [1.165, 1.54) is 6.92 Å². The molecule has 0 radical (unpaired) electrons. The van der Waals surface area contributed by atoms with Gasteiger partial charge in [0.25, 0.3) is 0 Å². The van der Waals surface area contributed by atoms with Gasteiger partial charge in [0.1, 0.15) is 17.9 Å². The molecular formula is C12H12BF3N2O3. The molecule has 0 saturated carbocycles. The number of benzene rings is 1. The summed E-state index contributed by atoms with van der Waals surface area (Å²) in [6, 6.07) is 3.68. The fourth-order valence-electron chi connectivity index (χ4n) is 1.85. The van der Waals surface area contributed by atoms with Crippen LogP contribution in [0.5, 0.6) is 5.75 Å². The number of rotatable bonds is 3. The second-order valence-electron chi connectivity index (χ2n) is 5.03. The molecule has 0 bridgehead atoms. The number of nitrogens with two attached hydrogens (primary N) is 1. The molecule has 9 heteroatoms. The number of fused-ring (bicyclic) bond motifs is 1. The first-order valence-electron chi connectivity index (χ1n) is 6.01. The maximum absolute atomic E-state index is 13.0. The van der Waals surface area contributed by atoms with Crippen LogP contribution in [-0.4, -0.2) is 24.3 Å². The molecule has 21 heavy (non-hydrogen) atoms. The normalized spacial score (nSPS) is 17.1. The Bertz CT molecular complexity index is 599. The van der Waals surface area contributed by atoms with E-state index >= 15 is 0 Å². The Morgan fingerprint density at radius 2 is 2.19 bits per heavy atom. The number of alkyl halides is 3. The smallest absolute Gasteiger partial charge is 0.490 e. The summed E-state index contributed by atoms with van der Waals surface area (Å²) in [6.07, 6.45) is -4.63. The predicted molar refractivity (Wildman–Crippen MR) is 67.5 cm³/mol. The third kappa shape index (κ3) is 3.29. The van der Waals surface area contributed by atoms with Gasteiger partial charge < -0.3 is 20.1 Å². The van der Waals surface area contributed by atoms with Crippen LogP contribution >= 0.6 is 0 Å². The summed E-state index contributed by atoms with van der Waals surface area (Å²) >= 11 is 0. The number of hydrogen-bond acceptors (Lipinski definition) is 5. The largest absolute Gasteiger partial charge is 0.491 e. The van der Waals surface area contributed by atoms with Crippen LogP contribution in [0.15, 0.2) is 12.1 Å². The van der Waals surface area contributed by atoms with E-state index < -0.39 is 36.8 Å². The highest BCUT2D eigenvalue weighted by Crippen LogP contribution is 2.37. The molecule has 112 valence electrons. The quantitative estimate of drug-likeness (QED) is 0.796. The maximum Gasteiger partial charge on any atom is 0.491 e. The van der Waals surface area contributed by atoms with Crippen LogP contribution < -0.4 is 15.9 Å². The maximum atomic E-state index is 13.0. The Balaban J connectivity index is 2.39. The molecule has 1 atom stereocenters. The lowest BCUT2D eigenvalue weighted by molar-refractivity contribution is -0.139. The van der Waals surface area contributed by atoms with Crippen LogP contribution in [0.4, 0.5) is 13.2 Å². The van der Waals surface area contributed by atoms with Crippen molar-refractivity contribution in [2.45, 2.75) is 25.2 Å². The van der Waals surface area contributed by atoms with Crippen LogP contribution in [0.3, 0.4) is 0 Å². The second-order valence-corrected chi connectivity index (χ2v) is 5.03. The number of nitrogens with zero attached hydrogens (tertiary/aromatic N) is 1. The van der Waals surface area contributed by atoms with Crippen LogP contribution in [0.25, 0.3) is 0 Å². The van der Waals surface area contributed by atoms with Gasteiger partial charge in [-0.2, -0.15) is 18.4 Å². The lowest BCUT2D eigenvalue weighted by Gasteiger charge is -2.20. The van der Waals surface area contributed by atoms with Crippen molar-refractivity contribution in [2.24, 2.45) is 5.73 Å². The Labute approximate surface area is 119 Å². The van der Waals surface area contributed by atoms with Gasteiger partial charge in [0, 0.05) is 0 Å². The Kier molecular flexibility index (Phi) is 3.88. The molecule has 1 aliphatic heterocycles. The molecule has 1 aromatic rings. The highest BCUT2D eigenvalue weighted by Gasteiger charge is 2.38. The van der Waals surface area contributed by atoms with E-state index in [0.717, 1.165) is 12.1 Å². The predicted octanol–water partition coefficient (Wildman–Crippen LogP) is 0.543. The Morgan fingerprint density at radius 3 is 2.76 bits per heavy atom. The van der Waals surface area contributed by atoms with Crippen molar-refractivity contribution in [3.63, 3.8) is 0 Å². The molecule has 0 spiro atoms. The average Bonchev–Trinajstić information content (AvgIpc) is 2.76. The zero-order valence-electron chi connectivity index (χ0n) is 11.1. The Hall–Kier alpha value is -1.76. The van der Waals surface area contributed by atoms with Crippen molar-refractivity contribution in [3.05, 3.63) is 23.3 Å². The van der Waals surface area contributed by atoms with Crippen molar-refractivity contribution in [3.8, 4) is 11.8 Å². The van der Waals surface area contributed by atoms with Crippen molar-refractivity contribution < 1.29 is 27.6 Å². The number of nitriles is 1. The second kappa shape index (κ2) is 5.22. The van der Waals surface area contributed by atoms with Gasteiger partial charge >= 0.3 is 13.3 Å². The summed E-state index contributed by atoms with van der Waals surface area (Å²) < 4.78 is 49.0. The highest BCUT2D eigenvalue weighted by molar-refractivity contribution is 6.61. The molecule has 0 saturated heterocycles. The summed E-state index contributed by atoms with van der Waals surface area (Å²) in [5.74, 6) is -0.488. The van der Waals surface area contributed by atoms with Crippen LogP contribution in [0.2, 0.25) is 0 Å². The van der Waals surface area contributed by atoms with Gasteiger partial charge in [0.05, 0.1) is 18.2 Å². The van der Waals surface area contributed by atoms with E-state index in [-0.39, 0.29) is 17.6 Å². The molecule has 5 nitrogen and oxygen atoms in total. The van der Waals surface area contributed by atoms with Gasteiger partial charge in [0.2, 0.25) is 0 Å². The summed E-state index contributed by atoms with van der Waals surface area (Å²) in [5, 5.41) is 18.3. The molecule has 0 fully saturated rings. The average molecular weight is 300 g/mol. The van der Waals surface area contributed by atoms with E-state index in [9.17, 15) is 18.2 Å². The van der Waals surface area contributed by atoms with Gasteiger partial charge in [-0.3, -0.25) is 0 Å². The van der Waals surface area contributed by atoms with Crippen molar-refractivity contribution >= 4 is 12.6 Å². The van der Waals surface area contributed by atoms with Gasteiger partial charge in [-0.1, -0.05) is 0 Å². The van der Waals surface area contributed by atoms with Crippen molar-refractivity contribution in [1.29, 1.82) is 5.26 Å². The lowest BCUT2D eigenvalue weighted by atomic mass is 9.79. The molecule has 0 aromatic heterocycles. The zero-order valence-corrected chi connectivity index (χ0v) is 11.1. The SMILES string of the molecule is C[C@](N)(C#N)COc1cc2c(cc1C(F)(F)F)COB2O. The van der Waals surface area contributed by atoms with Crippen LogP contribution in [-0.2, 0) is 17.4 Å². The third-order valence-electron chi connectivity index (χ3n) is 2.99. The topological polar surface area (TPSA) is 88.5 Å². The fourth-order valence-corrected chi connectivity index (χ4v) is 1.85. The first kappa shape index (κ1) is 15.6. The van der Waals surface area contributed by atoms with Gasteiger partial charge in [-0.05, 0) is 30.1 Å². The van der Waals surface area contributed by atoms with E-state index in [2.05, 4.69) is 0 Å². The Morgan fingerprint density at radius 1 is 1.52 bits per heavy atom. The van der Waals surface area contributed by atoms with E-state index in [1.54, 1.807) is 6.07 Å². The minimum Gasteiger partial charge on any atom is -0.490 e. The third-order valence-corrected chi connectivity index (χ3v) is 2.99. The first-order chi connectivity index (χ1) is 9.64. The number of halogens is 3. The first-order valence-corrected chi connectivity index (χ1v) is 6.01. The monoisotopic (exact) mass is 300 g/mol. The lowest BCUT2D eigenvalue weighted by Crippen LogP contribution is -2.41. The fraction of sp³-hybridized carbons (Fsp3) is 0.417. The summed E-state index contributed by atoms with van der Waals surface area (Å²) in [6.45, 7) is 0.820. The molecule has 1 heterocycles. The standard InChI is InChI=1S/C12H12BF3N2O3/c1-11(18,5-17)6-20-10-3-9-7(4-21-13(9)19)2-8(10)12(14,15)16/h2-3,19H,4,6,18H2,1H3/t11-/m0/s1. The van der Waals surface area contributed by atoms with Crippen LogP contribution in [0.1, 0.15) is 18.1 Å². The van der Waals surface area contributed by atoms with Gasteiger partial charge in [-0.25, -0.2) is 0 Å². The van der Waals surface area contributed by atoms with E-state index in [0.29, 0.717) is 0 Å². The number of ether oxygens (including phenoxy) is 1. The zero-order chi connectivity index (χ0) is 15.8. The summed E-state index contributed by atoms with van der Waals surface area (Å²) in [7, 11) is -1.29. The van der Waals surface area contributed by atoms with Crippen molar-refractivity contribution in [1.82, 2.24) is 0 Å². The van der Waals surface area contributed by atoms with Crippen LogP contribution in [0, 0.1) is 11.3 Å².